The zero-order valence-electron chi connectivity index (χ0n) is 5.81. The van der Waals surface area contributed by atoms with Crippen LogP contribution >= 0.6 is 0 Å². The Morgan fingerprint density at radius 2 is 2.56 bits per heavy atom. The lowest BCUT2D eigenvalue weighted by molar-refractivity contribution is 0.0560. The first-order valence-corrected chi connectivity index (χ1v) is 3.62. The van der Waals surface area contributed by atoms with Gasteiger partial charge in [0.25, 0.3) is 0 Å². The second-order valence-electron chi connectivity index (χ2n) is 2.61. The fraction of sp³-hybridized carbons (Fsp3) is 0.750. The Kier molecular flexibility index (Phi) is 2.78. The maximum absolute atomic E-state index is 5.29. The third-order valence-electron chi connectivity index (χ3n) is 1.75. The summed E-state index contributed by atoms with van der Waals surface area (Å²) in [5.74, 6) is 0.760. The Morgan fingerprint density at radius 1 is 1.67 bits per heavy atom. The molecule has 1 fully saturated rings. The van der Waals surface area contributed by atoms with Gasteiger partial charge in [-0.05, 0) is 25.2 Å². The summed E-state index contributed by atoms with van der Waals surface area (Å²) in [6.45, 7) is 5.62. The minimum Gasteiger partial charge on any atom is -0.381 e. The fourth-order valence-corrected chi connectivity index (χ4v) is 1.23. The lowest BCUT2D eigenvalue weighted by atomic mass is 9.99. The SMILES string of the molecule is C=CC[C@@H]1CCCOC1. The number of hydrogen-bond donors (Lipinski definition) is 0. The molecule has 1 rings (SSSR count). The molecule has 1 heterocycles. The van der Waals surface area contributed by atoms with Crippen molar-refractivity contribution >= 4 is 0 Å². The average molecular weight is 126 g/mol. The summed E-state index contributed by atoms with van der Waals surface area (Å²) in [7, 11) is 0. The first-order valence-electron chi connectivity index (χ1n) is 3.62. The molecule has 1 nitrogen and oxygen atoms in total. The van der Waals surface area contributed by atoms with Crippen molar-refractivity contribution in [3.63, 3.8) is 0 Å². The Balaban J connectivity index is 2.15. The molecular formula is C8H14O. The smallest absolute Gasteiger partial charge is 0.0497 e. The number of rotatable bonds is 2. The Hall–Kier alpha value is -0.300. The monoisotopic (exact) mass is 126 g/mol. The van der Waals surface area contributed by atoms with Gasteiger partial charge in [0.2, 0.25) is 0 Å². The highest BCUT2D eigenvalue weighted by Crippen LogP contribution is 2.16. The summed E-state index contributed by atoms with van der Waals surface area (Å²) in [6.07, 6.45) is 5.67. The number of hydrogen-bond acceptors (Lipinski definition) is 1. The fourth-order valence-electron chi connectivity index (χ4n) is 1.23. The second-order valence-corrected chi connectivity index (χ2v) is 2.61. The van der Waals surface area contributed by atoms with Gasteiger partial charge < -0.3 is 4.74 Å². The zero-order chi connectivity index (χ0) is 6.53. The van der Waals surface area contributed by atoms with E-state index in [0.717, 1.165) is 25.6 Å². The van der Waals surface area contributed by atoms with Gasteiger partial charge in [-0.1, -0.05) is 6.08 Å². The van der Waals surface area contributed by atoms with Crippen LogP contribution in [0.4, 0.5) is 0 Å². The normalized spacial score (nSPS) is 27.8. The van der Waals surface area contributed by atoms with Crippen LogP contribution in [0.3, 0.4) is 0 Å². The Morgan fingerprint density at radius 3 is 3.11 bits per heavy atom. The summed E-state index contributed by atoms with van der Waals surface area (Å²) < 4.78 is 5.29. The van der Waals surface area contributed by atoms with Gasteiger partial charge in [0, 0.05) is 13.2 Å². The number of allylic oxidation sites excluding steroid dienone is 1. The molecule has 1 aliphatic rings. The summed E-state index contributed by atoms with van der Waals surface area (Å²) >= 11 is 0. The van der Waals surface area contributed by atoms with E-state index in [1.54, 1.807) is 0 Å². The Labute approximate surface area is 56.7 Å². The van der Waals surface area contributed by atoms with Crippen molar-refractivity contribution in [3.8, 4) is 0 Å². The van der Waals surface area contributed by atoms with Crippen molar-refractivity contribution in [2.45, 2.75) is 19.3 Å². The first kappa shape index (κ1) is 6.81. The first-order chi connectivity index (χ1) is 4.43. The largest absolute Gasteiger partial charge is 0.381 e. The van der Waals surface area contributed by atoms with Gasteiger partial charge in [-0.25, -0.2) is 0 Å². The second kappa shape index (κ2) is 3.67. The lowest BCUT2D eigenvalue weighted by Crippen LogP contribution is -2.16. The van der Waals surface area contributed by atoms with E-state index in [4.69, 9.17) is 4.74 Å². The molecule has 0 N–H and O–H groups in total. The molecule has 0 aromatic rings. The van der Waals surface area contributed by atoms with Crippen LogP contribution in [0.5, 0.6) is 0 Å². The van der Waals surface area contributed by atoms with Crippen LogP contribution in [0.1, 0.15) is 19.3 Å². The molecule has 1 aliphatic heterocycles. The van der Waals surface area contributed by atoms with Gasteiger partial charge in [-0.15, -0.1) is 6.58 Å². The van der Waals surface area contributed by atoms with Crippen molar-refractivity contribution in [2.75, 3.05) is 13.2 Å². The van der Waals surface area contributed by atoms with Crippen LogP contribution < -0.4 is 0 Å². The minimum absolute atomic E-state index is 0.760. The van der Waals surface area contributed by atoms with Crippen LogP contribution in [0.25, 0.3) is 0 Å². The van der Waals surface area contributed by atoms with Crippen LogP contribution in [0, 0.1) is 5.92 Å². The van der Waals surface area contributed by atoms with E-state index in [9.17, 15) is 0 Å². The zero-order valence-corrected chi connectivity index (χ0v) is 5.81. The predicted octanol–water partition coefficient (Wildman–Crippen LogP) is 1.99. The van der Waals surface area contributed by atoms with Gasteiger partial charge in [-0.2, -0.15) is 0 Å². The molecule has 0 aromatic heterocycles. The molecule has 52 valence electrons. The van der Waals surface area contributed by atoms with E-state index in [1.807, 2.05) is 6.08 Å². The number of ether oxygens (including phenoxy) is 1. The molecule has 0 spiro atoms. The van der Waals surface area contributed by atoms with E-state index in [2.05, 4.69) is 6.58 Å². The highest BCUT2D eigenvalue weighted by molar-refractivity contribution is 4.74. The van der Waals surface area contributed by atoms with Crippen molar-refractivity contribution in [2.24, 2.45) is 5.92 Å². The van der Waals surface area contributed by atoms with Gasteiger partial charge in [0.05, 0.1) is 0 Å². The van der Waals surface area contributed by atoms with E-state index in [1.165, 1.54) is 12.8 Å². The van der Waals surface area contributed by atoms with Crippen molar-refractivity contribution in [3.05, 3.63) is 12.7 Å². The van der Waals surface area contributed by atoms with Gasteiger partial charge in [0.15, 0.2) is 0 Å². The summed E-state index contributed by atoms with van der Waals surface area (Å²) in [4.78, 5) is 0. The maximum Gasteiger partial charge on any atom is 0.0497 e. The molecule has 0 bridgehead atoms. The minimum atomic E-state index is 0.760. The summed E-state index contributed by atoms with van der Waals surface area (Å²) in [6, 6.07) is 0. The van der Waals surface area contributed by atoms with E-state index < -0.39 is 0 Å². The van der Waals surface area contributed by atoms with Crippen molar-refractivity contribution < 1.29 is 4.74 Å². The van der Waals surface area contributed by atoms with Crippen LogP contribution in [0.2, 0.25) is 0 Å². The van der Waals surface area contributed by atoms with E-state index in [0.29, 0.717) is 0 Å². The molecule has 9 heavy (non-hydrogen) atoms. The standard InChI is InChI=1S/C8H14O/c1-2-4-8-5-3-6-9-7-8/h2,8H,1,3-7H2/t8-/m1/s1. The quantitative estimate of drug-likeness (QED) is 0.514. The highest BCUT2D eigenvalue weighted by Gasteiger charge is 2.10. The topological polar surface area (TPSA) is 9.23 Å². The molecule has 0 aromatic carbocycles. The molecule has 1 saturated heterocycles. The van der Waals surface area contributed by atoms with Crippen LogP contribution in [-0.4, -0.2) is 13.2 Å². The van der Waals surface area contributed by atoms with Crippen molar-refractivity contribution in [1.29, 1.82) is 0 Å². The van der Waals surface area contributed by atoms with Gasteiger partial charge in [0.1, 0.15) is 0 Å². The third-order valence-corrected chi connectivity index (χ3v) is 1.75. The molecular weight excluding hydrogens is 112 g/mol. The third kappa shape index (κ3) is 2.19. The molecule has 0 radical (unpaired) electrons. The van der Waals surface area contributed by atoms with E-state index in [-0.39, 0.29) is 0 Å². The molecule has 0 aliphatic carbocycles. The molecule has 0 amide bonds. The molecule has 1 atom stereocenters. The van der Waals surface area contributed by atoms with Crippen LogP contribution in [0.15, 0.2) is 12.7 Å². The van der Waals surface area contributed by atoms with E-state index >= 15 is 0 Å². The summed E-state index contributed by atoms with van der Waals surface area (Å²) in [5.41, 5.74) is 0. The highest BCUT2D eigenvalue weighted by atomic mass is 16.5. The Bertz CT molecular complexity index is 82.6. The maximum atomic E-state index is 5.29. The average Bonchev–Trinajstić information content (AvgIpc) is 1.91. The predicted molar refractivity (Wildman–Crippen MR) is 38.4 cm³/mol. The lowest BCUT2D eigenvalue weighted by Gasteiger charge is -2.20. The molecule has 0 saturated carbocycles. The van der Waals surface area contributed by atoms with Crippen LogP contribution in [-0.2, 0) is 4.74 Å². The van der Waals surface area contributed by atoms with Crippen molar-refractivity contribution in [1.82, 2.24) is 0 Å². The molecule has 0 unspecified atom stereocenters. The van der Waals surface area contributed by atoms with Gasteiger partial charge in [-0.3, -0.25) is 0 Å². The van der Waals surface area contributed by atoms with Gasteiger partial charge >= 0.3 is 0 Å². The molecule has 1 heteroatoms. The summed E-state index contributed by atoms with van der Waals surface area (Å²) in [5, 5.41) is 0.